The lowest BCUT2D eigenvalue weighted by Gasteiger charge is -2.37. The van der Waals surface area contributed by atoms with Crippen molar-refractivity contribution in [1.82, 2.24) is 0 Å². The van der Waals surface area contributed by atoms with E-state index in [1.807, 2.05) is 0 Å². The lowest BCUT2D eigenvalue weighted by molar-refractivity contribution is 0.333. The molecule has 0 aromatic carbocycles. The highest BCUT2D eigenvalue weighted by Crippen LogP contribution is 2.45. The van der Waals surface area contributed by atoms with Crippen LogP contribution in [0.3, 0.4) is 0 Å². The van der Waals surface area contributed by atoms with E-state index in [0.29, 0.717) is 5.92 Å². The van der Waals surface area contributed by atoms with E-state index in [-0.39, 0.29) is 0 Å². The molecule has 2 fully saturated rings. The number of hydrogen-bond donors (Lipinski definition) is 0. The molecule has 2 rings (SSSR count). The molecule has 1 saturated heterocycles. The van der Waals surface area contributed by atoms with Crippen LogP contribution in [0.4, 0.5) is 0 Å². The predicted octanol–water partition coefficient (Wildman–Crippen LogP) is 4.50. The molecule has 0 bridgehead atoms. The monoisotopic (exact) mass is 268 g/mol. The second-order valence-electron chi connectivity index (χ2n) is 5.82. The van der Waals surface area contributed by atoms with Crippen LogP contribution in [-0.4, -0.2) is 16.1 Å². The Hall–Kier alpha value is 0.260. The summed E-state index contributed by atoms with van der Waals surface area (Å²) in [5.41, 5.74) is 0. The molecule has 1 saturated carbocycles. The number of hydrogen-bond acceptors (Lipinski definition) is 2. The van der Waals surface area contributed by atoms with Crippen LogP contribution >= 0.6 is 23.5 Å². The first-order valence-electron chi connectivity index (χ1n) is 6.90. The normalized spacial score (nSPS) is 38.9. The predicted molar refractivity (Wildman–Crippen MR) is 81.3 cm³/mol. The molecular weight excluding hydrogens is 244 g/mol. The molecule has 0 unspecified atom stereocenters. The summed E-state index contributed by atoms with van der Waals surface area (Å²) in [5, 5.41) is 0. The fourth-order valence-corrected chi connectivity index (χ4v) is 6.72. The summed E-state index contributed by atoms with van der Waals surface area (Å²) in [5.74, 6) is 8.99. The SMILES string of the molecule is C#C[C@H]1CC[C@H](C2SCC(C(C)C)CS2)CC1. The lowest BCUT2D eigenvalue weighted by Crippen LogP contribution is -2.28. The van der Waals surface area contributed by atoms with Crippen LogP contribution in [0.5, 0.6) is 0 Å². The van der Waals surface area contributed by atoms with E-state index in [4.69, 9.17) is 6.42 Å². The minimum Gasteiger partial charge on any atom is -0.147 e. The van der Waals surface area contributed by atoms with Crippen molar-refractivity contribution >= 4 is 23.5 Å². The summed E-state index contributed by atoms with van der Waals surface area (Å²) in [6, 6.07) is 0. The summed E-state index contributed by atoms with van der Waals surface area (Å²) in [4.78, 5) is 0. The Morgan fingerprint density at radius 3 is 2.12 bits per heavy atom. The van der Waals surface area contributed by atoms with Crippen molar-refractivity contribution < 1.29 is 0 Å². The maximum absolute atomic E-state index is 5.52. The van der Waals surface area contributed by atoms with Crippen LogP contribution in [0.25, 0.3) is 0 Å². The van der Waals surface area contributed by atoms with Gasteiger partial charge in [-0.25, -0.2) is 0 Å². The second-order valence-corrected chi connectivity index (χ2v) is 8.46. The molecular formula is C15H24S2. The van der Waals surface area contributed by atoms with Crippen LogP contribution in [0.2, 0.25) is 0 Å². The number of rotatable bonds is 2. The van der Waals surface area contributed by atoms with Crippen molar-refractivity contribution in [2.75, 3.05) is 11.5 Å². The quantitative estimate of drug-likeness (QED) is 0.676. The molecule has 96 valence electrons. The fraction of sp³-hybridized carbons (Fsp3) is 0.867. The molecule has 0 radical (unpaired) electrons. The van der Waals surface area contributed by atoms with Crippen LogP contribution in [-0.2, 0) is 0 Å². The molecule has 0 spiro atoms. The second kappa shape index (κ2) is 6.43. The summed E-state index contributed by atoms with van der Waals surface area (Å²) in [7, 11) is 0. The molecule has 1 heterocycles. The zero-order valence-electron chi connectivity index (χ0n) is 11.0. The van der Waals surface area contributed by atoms with Crippen molar-refractivity contribution in [2.45, 2.75) is 44.1 Å². The third-order valence-electron chi connectivity index (χ3n) is 4.28. The molecule has 2 heteroatoms. The molecule has 0 N–H and O–H groups in total. The lowest BCUT2D eigenvalue weighted by atomic mass is 9.83. The van der Waals surface area contributed by atoms with Crippen molar-refractivity contribution in [3.05, 3.63) is 0 Å². The summed E-state index contributed by atoms with van der Waals surface area (Å²) >= 11 is 4.45. The average molecular weight is 268 g/mol. The van der Waals surface area contributed by atoms with Gasteiger partial charge in [0.25, 0.3) is 0 Å². The van der Waals surface area contributed by atoms with Gasteiger partial charge < -0.3 is 0 Å². The fourth-order valence-electron chi connectivity index (χ4n) is 2.75. The Labute approximate surface area is 115 Å². The van der Waals surface area contributed by atoms with Crippen molar-refractivity contribution in [3.8, 4) is 12.3 Å². The van der Waals surface area contributed by atoms with Gasteiger partial charge in [0.15, 0.2) is 0 Å². The molecule has 0 aromatic heterocycles. The molecule has 2 aliphatic rings. The average Bonchev–Trinajstić information content (AvgIpc) is 2.39. The molecule has 0 atom stereocenters. The topological polar surface area (TPSA) is 0 Å². The van der Waals surface area contributed by atoms with E-state index < -0.39 is 0 Å². The molecule has 1 aliphatic carbocycles. The van der Waals surface area contributed by atoms with E-state index >= 15 is 0 Å². The zero-order chi connectivity index (χ0) is 12.3. The van der Waals surface area contributed by atoms with Crippen molar-refractivity contribution in [2.24, 2.45) is 23.7 Å². The van der Waals surface area contributed by atoms with Crippen molar-refractivity contribution in [3.63, 3.8) is 0 Å². The van der Waals surface area contributed by atoms with Gasteiger partial charge in [-0.2, -0.15) is 0 Å². The molecule has 0 nitrogen and oxygen atoms in total. The van der Waals surface area contributed by atoms with Crippen LogP contribution in [0.1, 0.15) is 39.5 Å². The maximum atomic E-state index is 5.52. The van der Waals surface area contributed by atoms with E-state index in [1.54, 1.807) is 0 Å². The van der Waals surface area contributed by atoms with E-state index in [9.17, 15) is 0 Å². The smallest absolute Gasteiger partial charge is 0.0530 e. The molecule has 0 aromatic rings. The van der Waals surface area contributed by atoms with Crippen molar-refractivity contribution in [1.29, 1.82) is 0 Å². The standard InChI is InChI=1S/C15H24S2/c1-4-12-5-7-13(8-6-12)15-16-9-14(10-17-15)11(2)3/h1,11-15H,5-10H2,2-3H3/t12-,13-,14?,15?. The van der Waals surface area contributed by atoms with Gasteiger partial charge in [-0.05, 0) is 54.9 Å². The largest absolute Gasteiger partial charge is 0.147 e. The van der Waals surface area contributed by atoms with E-state index in [1.165, 1.54) is 37.2 Å². The first-order valence-corrected chi connectivity index (χ1v) is 8.99. The molecule has 1 aliphatic heterocycles. The van der Waals surface area contributed by atoms with Gasteiger partial charge in [0.05, 0.1) is 4.58 Å². The third-order valence-corrected chi connectivity index (χ3v) is 7.77. The minimum atomic E-state index is 0.577. The number of thioether (sulfide) groups is 2. The first-order chi connectivity index (χ1) is 8.20. The molecule has 17 heavy (non-hydrogen) atoms. The van der Waals surface area contributed by atoms with Gasteiger partial charge >= 0.3 is 0 Å². The maximum Gasteiger partial charge on any atom is 0.0530 e. The Bertz CT molecular complexity index is 263. The highest BCUT2D eigenvalue weighted by atomic mass is 32.2. The first kappa shape index (κ1) is 13.7. The van der Waals surface area contributed by atoms with Gasteiger partial charge in [0, 0.05) is 5.92 Å². The van der Waals surface area contributed by atoms with E-state index in [0.717, 1.165) is 22.3 Å². The number of terminal acetylenes is 1. The van der Waals surface area contributed by atoms with Gasteiger partial charge in [0.2, 0.25) is 0 Å². The van der Waals surface area contributed by atoms with Gasteiger partial charge in [-0.15, -0.1) is 35.9 Å². The highest BCUT2D eigenvalue weighted by Gasteiger charge is 2.32. The highest BCUT2D eigenvalue weighted by molar-refractivity contribution is 8.17. The Balaban J connectivity index is 1.76. The summed E-state index contributed by atoms with van der Waals surface area (Å²) in [6.45, 7) is 4.73. The zero-order valence-corrected chi connectivity index (χ0v) is 12.7. The van der Waals surface area contributed by atoms with Gasteiger partial charge in [-0.3, -0.25) is 0 Å². The third kappa shape index (κ3) is 3.61. The Morgan fingerprint density at radius 1 is 1.06 bits per heavy atom. The minimum absolute atomic E-state index is 0.577. The van der Waals surface area contributed by atoms with Crippen LogP contribution in [0.15, 0.2) is 0 Å². The van der Waals surface area contributed by atoms with E-state index in [2.05, 4.69) is 43.3 Å². The van der Waals surface area contributed by atoms with Crippen LogP contribution < -0.4 is 0 Å². The van der Waals surface area contributed by atoms with Crippen LogP contribution in [0, 0.1) is 36.0 Å². The molecule has 0 amide bonds. The van der Waals surface area contributed by atoms with Gasteiger partial charge in [0.1, 0.15) is 0 Å². The van der Waals surface area contributed by atoms with Gasteiger partial charge in [-0.1, -0.05) is 13.8 Å². The summed E-state index contributed by atoms with van der Waals surface area (Å²) < 4.78 is 0.865. The Morgan fingerprint density at radius 2 is 1.65 bits per heavy atom. The Kier molecular flexibility index (Phi) is 5.18. The summed E-state index contributed by atoms with van der Waals surface area (Å²) in [6.07, 6.45) is 10.8.